The first kappa shape index (κ1) is 48.3. The predicted octanol–water partition coefficient (Wildman–Crippen LogP) is 7.24. The number of rotatable bonds is 21. The van der Waals surface area contributed by atoms with Gasteiger partial charge in [-0.2, -0.15) is 5.06 Å². The Balaban J connectivity index is 1.00. The monoisotopic (exact) mass is 914 g/mol. The zero-order chi connectivity index (χ0) is 46.6. The minimum absolute atomic E-state index is 0.0349. The first-order valence-electron chi connectivity index (χ1n) is 24.7. The molecule has 10 unspecified atom stereocenters. The molecule has 2 saturated carbocycles. The van der Waals surface area contributed by atoms with E-state index in [2.05, 4.69) is 48.8 Å². The number of carbonyl (C=O) groups is 4. The third-order valence-electron chi connectivity index (χ3n) is 14.2. The van der Waals surface area contributed by atoms with E-state index in [0.717, 1.165) is 68.9 Å². The van der Waals surface area contributed by atoms with Gasteiger partial charge >= 0.3 is 11.9 Å². The van der Waals surface area contributed by atoms with E-state index in [0.29, 0.717) is 42.1 Å². The summed E-state index contributed by atoms with van der Waals surface area (Å²) in [6.45, 7) is 9.63. The summed E-state index contributed by atoms with van der Waals surface area (Å²) in [5.74, 6) is -2.10. The van der Waals surface area contributed by atoms with Crippen molar-refractivity contribution >= 4 is 29.8 Å². The number of amides is 2. The van der Waals surface area contributed by atoms with Crippen molar-refractivity contribution in [1.82, 2.24) is 15.7 Å². The van der Waals surface area contributed by atoms with Crippen molar-refractivity contribution in [1.29, 1.82) is 0 Å². The highest BCUT2D eigenvalue weighted by Gasteiger charge is 2.76. The molecule has 2 amide bonds. The van der Waals surface area contributed by atoms with Gasteiger partial charge in [0.05, 0.1) is 31.4 Å². The second-order valence-electron chi connectivity index (χ2n) is 20.5. The standard InChI is InChI=1S/C52H71N3O11/c1-6-8-10-25-51(26-11-9-7-2)64-43-41-29-52(49(60)53-30-36-13-12-14-37(27-36)47(58)54-38(32-56)22-24-42(57)63-50(3,4)5)45(48(59)62-41)55(66-46(52)44(43)65-51)31-35-19-16-33(17-20-35)15-18-34-21-23-39-40(28-34)61-39/h12-20,27,34,38-41,43-46,56H,6-11,21-26,28-32H2,1-5H3,(H,53,60)(H,54,58). The molecule has 4 aliphatic heterocycles. The fourth-order valence-electron chi connectivity index (χ4n) is 10.8. The fraction of sp³-hybridized carbons (Fsp3) is 0.654. The Morgan fingerprint density at radius 3 is 2.38 bits per heavy atom. The number of carbonyl (C=O) groups excluding carboxylic acids is 4. The van der Waals surface area contributed by atoms with Crippen LogP contribution in [-0.2, 0) is 56.0 Å². The smallest absolute Gasteiger partial charge is 0.327 e. The van der Waals surface area contributed by atoms with Gasteiger partial charge in [-0.25, -0.2) is 0 Å². The number of epoxide rings is 1. The normalized spacial score (nSPS) is 30.0. The molecule has 10 atom stereocenters. The highest BCUT2D eigenvalue weighted by molar-refractivity contribution is 5.95. The lowest BCUT2D eigenvalue weighted by molar-refractivity contribution is -0.224. The first-order valence-corrected chi connectivity index (χ1v) is 24.7. The Hall–Kier alpha value is -4.18. The van der Waals surface area contributed by atoms with Crippen LogP contribution in [-0.4, -0.2) is 101 Å². The van der Waals surface area contributed by atoms with Crippen LogP contribution in [0.15, 0.2) is 54.6 Å². The minimum Gasteiger partial charge on any atom is -0.460 e. The van der Waals surface area contributed by atoms with Gasteiger partial charge < -0.3 is 39.4 Å². The van der Waals surface area contributed by atoms with Gasteiger partial charge in [-0.1, -0.05) is 88.1 Å². The number of hydrogen-bond acceptors (Lipinski definition) is 12. The number of unbranched alkanes of at least 4 members (excludes halogenated alkanes) is 4. The van der Waals surface area contributed by atoms with Gasteiger partial charge in [0.2, 0.25) is 5.91 Å². The van der Waals surface area contributed by atoms with E-state index in [9.17, 15) is 19.5 Å². The lowest BCUT2D eigenvalue weighted by atomic mass is 9.62. The van der Waals surface area contributed by atoms with Crippen molar-refractivity contribution < 1.29 is 52.8 Å². The fourth-order valence-corrected chi connectivity index (χ4v) is 10.8. The molecule has 6 aliphatic rings. The third-order valence-corrected chi connectivity index (χ3v) is 14.2. The summed E-state index contributed by atoms with van der Waals surface area (Å²) in [6.07, 6.45) is 13.7. The number of nitrogens with one attached hydrogen (secondary N) is 2. The summed E-state index contributed by atoms with van der Waals surface area (Å²) >= 11 is 0. The van der Waals surface area contributed by atoms with Gasteiger partial charge in [0.1, 0.15) is 35.4 Å². The van der Waals surface area contributed by atoms with Crippen LogP contribution in [0.4, 0.5) is 0 Å². The minimum atomic E-state index is -1.36. The Morgan fingerprint density at radius 1 is 0.939 bits per heavy atom. The SMILES string of the molecule is CCCCCC1(CCCCC)OC2C3CC4(C(=O)NCc5cccc(C(=O)NC(CO)CCC(=O)OC(C)(C)C)c5)C(ON(Cc5ccc(C=CC6CCC7OC7C6)cc5)C4C(=O)O3)C2O1. The summed E-state index contributed by atoms with van der Waals surface area (Å²) in [5, 5.41) is 17.6. The Kier molecular flexibility index (Phi) is 15.1. The molecule has 2 aromatic carbocycles. The van der Waals surface area contributed by atoms with E-state index in [-0.39, 0.29) is 44.9 Å². The maximum Gasteiger partial charge on any atom is 0.327 e. The number of fused-ring (bicyclic) bond motifs is 5. The molecule has 2 aliphatic carbocycles. The highest BCUT2D eigenvalue weighted by atomic mass is 16.8. The molecule has 2 bridgehead atoms. The number of hydrogen-bond donors (Lipinski definition) is 3. The van der Waals surface area contributed by atoms with Gasteiger partial charge in [0.25, 0.3) is 5.91 Å². The van der Waals surface area contributed by atoms with Crippen molar-refractivity contribution in [2.24, 2.45) is 11.3 Å². The molecular weight excluding hydrogens is 843 g/mol. The van der Waals surface area contributed by atoms with Crippen LogP contribution in [0.5, 0.6) is 0 Å². The summed E-state index contributed by atoms with van der Waals surface area (Å²) in [7, 11) is 0. The third kappa shape index (κ3) is 10.9. The van der Waals surface area contributed by atoms with Crippen LogP contribution >= 0.6 is 0 Å². The molecule has 0 spiro atoms. The van der Waals surface area contributed by atoms with Crippen LogP contribution < -0.4 is 10.6 Å². The van der Waals surface area contributed by atoms with E-state index in [4.69, 9.17) is 28.5 Å². The van der Waals surface area contributed by atoms with Crippen LogP contribution in [0.1, 0.15) is 152 Å². The molecule has 0 aromatic heterocycles. The zero-order valence-electron chi connectivity index (χ0n) is 39.5. The van der Waals surface area contributed by atoms with Gasteiger partial charge in [-0.05, 0) is 94.0 Å². The predicted molar refractivity (Wildman–Crippen MR) is 245 cm³/mol. The molecule has 4 saturated heterocycles. The maximum absolute atomic E-state index is 15.1. The number of allylic oxidation sites excluding steroid dienone is 1. The van der Waals surface area contributed by atoms with Crippen LogP contribution in [0.25, 0.3) is 6.08 Å². The summed E-state index contributed by atoms with van der Waals surface area (Å²) in [6, 6.07) is 13.4. The molecule has 14 heteroatoms. The number of benzene rings is 2. The van der Waals surface area contributed by atoms with Crippen molar-refractivity contribution in [3.63, 3.8) is 0 Å². The van der Waals surface area contributed by atoms with E-state index in [1.807, 2.05) is 18.2 Å². The lowest BCUT2D eigenvalue weighted by Crippen LogP contribution is -2.69. The van der Waals surface area contributed by atoms with Crippen LogP contribution in [0, 0.1) is 11.3 Å². The average Bonchev–Trinajstić information content (AvgIpc) is 3.84. The van der Waals surface area contributed by atoms with Crippen molar-refractivity contribution in [3.8, 4) is 0 Å². The molecule has 0 radical (unpaired) electrons. The molecule has 2 aromatic rings. The zero-order valence-corrected chi connectivity index (χ0v) is 39.5. The summed E-state index contributed by atoms with van der Waals surface area (Å²) in [4.78, 5) is 62.1. The second kappa shape index (κ2) is 20.6. The van der Waals surface area contributed by atoms with E-state index < -0.39 is 71.1 Å². The van der Waals surface area contributed by atoms with Crippen molar-refractivity contribution in [3.05, 3.63) is 76.9 Å². The number of hydroxylamine groups is 2. The van der Waals surface area contributed by atoms with Gasteiger partial charge in [-0.3, -0.25) is 24.0 Å². The Morgan fingerprint density at radius 2 is 1.68 bits per heavy atom. The molecule has 4 heterocycles. The maximum atomic E-state index is 15.1. The van der Waals surface area contributed by atoms with E-state index in [1.165, 1.54) is 0 Å². The van der Waals surface area contributed by atoms with Crippen LogP contribution in [0.2, 0.25) is 0 Å². The Labute approximate surface area is 389 Å². The van der Waals surface area contributed by atoms with E-state index >= 15 is 4.79 Å². The number of nitrogens with zero attached hydrogens (tertiary/aromatic N) is 1. The highest BCUT2D eigenvalue weighted by Crippen LogP contribution is 2.58. The van der Waals surface area contributed by atoms with Crippen molar-refractivity contribution in [2.45, 2.75) is 198 Å². The largest absolute Gasteiger partial charge is 0.460 e. The summed E-state index contributed by atoms with van der Waals surface area (Å²) in [5.41, 5.74) is 0.981. The molecular formula is C52H71N3O11. The lowest BCUT2D eigenvalue weighted by Gasteiger charge is -2.48. The topological polar surface area (TPSA) is 174 Å². The molecule has 8 rings (SSSR count). The van der Waals surface area contributed by atoms with Gasteiger partial charge in [0.15, 0.2) is 11.8 Å². The number of aliphatic hydroxyl groups excluding tert-OH is 1. The molecule has 360 valence electrons. The molecule has 66 heavy (non-hydrogen) atoms. The second-order valence-corrected chi connectivity index (χ2v) is 20.5. The Bertz CT molecular complexity index is 2060. The molecule has 3 N–H and O–H groups in total. The quantitative estimate of drug-likeness (QED) is 0.0652. The number of esters is 2. The molecule has 6 fully saturated rings. The molecule has 14 nitrogen and oxygen atoms in total. The van der Waals surface area contributed by atoms with Crippen molar-refractivity contribution in [2.75, 3.05) is 6.61 Å². The number of aliphatic hydroxyl groups is 1. The first-order chi connectivity index (χ1) is 31.7. The van der Waals surface area contributed by atoms with Crippen LogP contribution in [0.3, 0.4) is 0 Å². The van der Waals surface area contributed by atoms with Gasteiger partial charge in [-0.15, -0.1) is 0 Å². The summed E-state index contributed by atoms with van der Waals surface area (Å²) < 4.78 is 31.4. The van der Waals surface area contributed by atoms with E-state index in [1.54, 1.807) is 44.0 Å². The van der Waals surface area contributed by atoms with Gasteiger partial charge in [0, 0.05) is 37.8 Å². The number of ether oxygens (including phenoxy) is 5. The average molecular weight is 914 g/mol.